The van der Waals surface area contributed by atoms with Gasteiger partial charge >= 0.3 is 0 Å². The number of fused-ring (bicyclic) bond motifs is 1. The summed E-state index contributed by atoms with van der Waals surface area (Å²) in [5.74, 6) is -1.72. The number of rotatable bonds is 8. The van der Waals surface area contributed by atoms with Crippen LogP contribution in [-0.2, 0) is 13.1 Å². The number of carbonyl (C=O) groups excluding carboxylic acids is 2. The molecule has 0 saturated carbocycles. The number of halogens is 3. The van der Waals surface area contributed by atoms with E-state index in [1.165, 1.54) is 25.0 Å². The summed E-state index contributed by atoms with van der Waals surface area (Å²) in [6, 6.07) is 15.5. The van der Waals surface area contributed by atoms with E-state index < -0.39 is 18.0 Å². The van der Waals surface area contributed by atoms with E-state index in [0.717, 1.165) is 38.2 Å². The van der Waals surface area contributed by atoms with Crippen LogP contribution in [-0.4, -0.2) is 73.8 Å². The van der Waals surface area contributed by atoms with Crippen LogP contribution in [0.4, 0.5) is 15.8 Å². The molecule has 2 atom stereocenters. The van der Waals surface area contributed by atoms with Crippen LogP contribution < -0.4 is 10.6 Å². The Hall–Kier alpha value is -3.87. The topological polar surface area (TPSA) is 116 Å². The zero-order valence-corrected chi connectivity index (χ0v) is 27.8. The largest absolute Gasteiger partial charge is 0.392 e. The molecule has 0 bridgehead atoms. The molecule has 10 nitrogen and oxygen atoms in total. The number of aliphatic hydroxyl groups excluding tert-OH is 1. The van der Waals surface area contributed by atoms with E-state index in [2.05, 4.69) is 25.6 Å². The smallest absolute Gasteiger partial charge is 0.276 e. The number of carbonyl (C=O) groups is 2. The molecule has 4 aromatic rings. The highest BCUT2D eigenvalue weighted by Crippen LogP contribution is 2.40. The average molecular weight is 693 g/mol. The van der Waals surface area contributed by atoms with Gasteiger partial charge in [-0.05, 0) is 69.5 Å². The number of hydrogen-bond donors (Lipinski definition) is 3. The van der Waals surface area contributed by atoms with Gasteiger partial charge in [-0.2, -0.15) is 9.49 Å². The zero-order chi connectivity index (χ0) is 33.4. The second-order valence-corrected chi connectivity index (χ2v) is 13.4. The Balaban J connectivity index is 1.06. The first-order valence-corrected chi connectivity index (χ1v) is 17.1. The molecule has 0 radical (unpaired) electrons. The number of likely N-dealkylation sites (tertiary alicyclic amines) is 2. The number of nitrogens with one attached hydrogen (secondary N) is 2. The number of β-amino-alcohol motifs (C(OH)–C–C–N with tert-alkyl or cyclic N) is 1. The summed E-state index contributed by atoms with van der Waals surface area (Å²) in [7, 11) is 0. The van der Waals surface area contributed by atoms with Crippen LogP contribution in [0.2, 0.25) is 10.0 Å². The van der Waals surface area contributed by atoms with Crippen molar-refractivity contribution in [3.63, 3.8) is 0 Å². The quantitative estimate of drug-likeness (QED) is 0.183. The van der Waals surface area contributed by atoms with Gasteiger partial charge in [0.05, 0.1) is 39.3 Å². The fourth-order valence-corrected chi connectivity index (χ4v) is 7.49. The molecule has 3 aliphatic rings. The Morgan fingerprint density at radius 3 is 2.15 bits per heavy atom. The molecule has 13 heteroatoms. The lowest BCUT2D eigenvalue weighted by Crippen LogP contribution is -2.30. The molecular formula is C35H36Cl2FN7O3. The van der Waals surface area contributed by atoms with Crippen molar-refractivity contribution in [3.05, 3.63) is 93.2 Å². The van der Waals surface area contributed by atoms with Crippen molar-refractivity contribution in [1.29, 1.82) is 0 Å². The predicted octanol–water partition coefficient (Wildman–Crippen LogP) is 6.39. The minimum absolute atomic E-state index is 0.102. The van der Waals surface area contributed by atoms with E-state index >= 15 is 0 Å². The summed E-state index contributed by atoms with van der Waals surface area (Å²) >= 11 is 13.6. The van der Waals surface area contributed by atoms with Crippen molar-refractivity contribution in [2.45, 2.75) is 57.3 Å². The molecule has 2 saturated heterocycles. The monoisotopic (exact) mass is 691 g/mol. The Bertz CT molecular complexity index is 1860. The van der Waals surface area contributed by atoms with Crippen LogP contribution in [0, 0.1) is 5.95 Å². The first-order chi connectivity index (χ1) is 23.2. The maximum Gasteiger partial charge on any atom is 0.276 e. The standard InChI is InChI=1S/C35H36Cl2FN7O3/c36-31-23(6-3-8-25(31)40-34(47)27-12-11-21(33(38)39-27)19-43-17-13-22(46)20-43)24-7-4-9-26(32(24)37)41-35(48)28-18-30-29(44-14-1-2-15-44)10-5-16-45(30)42-28/h3-4,6-9,11-12,18,22,29,46H,1-2,5,10,13-17,19-20H2,(H,40,47)(H,41,48)/t22-,29?/m1/s1. The first-order valence-electron chi connectivity index (χ1n) is 16.3. The van der Waals surface area contributed by atoms with E-state index in [1.54, 1.807) is 36.4 Å². The molecule has 2 aromatic carbocycles. The summed E-state index contributed by atoms with van der Waals surface area (Å²) in [5, 5.41) is 20.5. The van der Waals surface area contributed by atoms with Crippen LogP contribution in [0.5, 0.6) is 0 Å². The van der Waals surface area contributed by atoms with Crippen molar-refractivity contribution < 1.29 is 19.1 Å². The zero-order valence-electron chi connectivity index (χ0n) is 26.3. The van der Waals surface area contributed by atoms with Crippen LogP contribution in [0.3, 0.4) is 0 Å². The highest BCUT2D eigenvalue weighted by atomic mass is 35.5. The van der Waals surface area contributed by atoms with Crippen molar-refractivity contribution in [2.24, 2.45) is 0 Å². The van der Waals surface area contributed by atoms with E-state index in [0.29, 0.717) is 54.1 Å². The summed E-state index contributed by atoms with van der Waals surface area (Å²) in [4.78, 5) is 34.8. The highest BCUT2D eigenvalue weighted by molar-refractivity contribution is 6.40. The van der Waals surface area contributed by atoms with Gasteiger partial charge in [0.1, 0.15) is 5.69 Å². The SMILES string of the molecule is O=C(Nc1cccc(-c2cccc(NC(=O)c3cc4n(n3)CCCC4N3CCCC3)c2Cl)c1Cl)c1ccc(CN2CC[C@@H](O)C2)c(F)n1. The Labute approximate surface area is 287 Å². The fraction of sp³-hybridized carbons (Fsp3) is 0.371. The predicted molar refractivity (Wildman–Crippen MR) is 183 cm³/mol. The number of aromatic nitrogens is 3. The number of aryl methyl sites for hydroxylation is 1. The number of nitrogens with zero attached hydrogens (tertiary/aromatic N) is 5. The van der Waals surface area contributed by atoms with E-state index in [9.17, 15) is 19.1 Å². The molecule has 3 aliphatic heterocycles. The van der Waals surface area contributed by atoms with Gasteiger partial charge in [-0.3, -0.25) is 24.1 Å². The molecule has 48 heavy (non-hydrogen) atoms. The maximum absolute atomic E-state index is 14.8. The molecule has 5 heterocycles. The molecule has 3 N–H and O–H groups in total. The summed E-state index contributed by atoms with van der Waals surface area (Å²) in [6.07, 6.45) is 4.71. The minimum atomic E-state index is -0.739. The second-order valence-electron chi connectivity index (χ2n) is 12.6. The van der Waals surface area contributed by atoms with Crippen LogP contribution in [0.1, 0.15) is 70.4 Å². The molecule has 2 aromatic heterocycles. The lowest BCUT2D eigenvalue weighted by Gasteiger charge is -2.31. The number of benzene rings is 2. The Morgan fingerprint density at radius 1 is 0.854 bits per heavy atom. The Kier molecular flexibility index (Phi) is 9.48. The third-order valence-corrected chi connectivity index (χ3v) is 10.2. The van der Waals surface area contributed by atoms with Gasteiger partial charge in [-0.15, -0.1) is 0 Å². The number of anilines is 2. The van der Waals surface area contributed by atoms with Crippen molar-refractivity contribution in [2.75, 3.05) is 36.8 Å². The Morgan fingerprint density at radius 2 is 1.52 bits per heavy atom. The van der Waals surface area contributed by atoms with E-state index in [1.807, 2.05) is 15.6 Å². The minimum Gasteiger partial charge on any atom is -0.392 e. The van der Waals surface area contributed by atoms with Crippen LogP contribution in [0.25, 0.3) is 11.1 Å². The first kappa shape index (κ1) is 32.7. The third-order valence-electron chi connectivity index (χ3n) is 9.40. The lowest BCUT2D eigenvalue weighted by molar-refractivity contribution is 0.101. The van der Waals surface area contributed by atoms with Gasteiger partial charge in [-0.25, -0.2) is 4.98 Å². The highest BCUT2D eigenvalue weighted by Gasteiger charge is 2.31. The lowest BCUT2D eigenvalue weighted by atomic mass is 10.0. The molecule has 0 spiro atoms. The average Bonchev–Trinajstić information content (AvgIpc) is 3.86. The van der Waals surface area contributed by atoms with Crippen molar-refractivity contribution >= 4 is 46.4 Å². The number of amides is 2. The van der Waals surface area contributed by atoms with Crippen molar-refractivity contribution in [1.82, 2.24) is 24.6 Å². The molecular weight excluding hydrogens is 656 g/mol. The number of aliphatic hydroxyl groups is 1. The summed E-state index contributed by atoms with van der Waals surface area (Å²) in [6.45, 7) is 4.37. The molecule has 2 amide bonds. The van der Waals surface area contributed by atoms with Crippen LogP contribution >= 0.6 is 23.2 Å². The van der Waals surface area contributed by atoms with Crippen molar-refractivity contribution in [3.8, 4) is 11.1 Å². The molecule has 0 aliphatic carbocycles. The third kappa shape index (κ3) is 6.70. The van der Waals surface area contributed by atoms with Gasteiger partial charge in [0.2, 0.25) is 5.95 Å². The van der Waals surface area contributed by atoms with Gasteiger partial charge in [0.25, 0.3) is 11.8 Å². The fourth-order valence-electron chi connectivity index (χ4n) is 6.94. The second kappa shape index (κ2) is 13.9. The molecule has 7 rings (SSSR count). The van der Waals surface area contributed by atoms with Crippen LogP contribution in [0.15, 0.2) is 54.6 Å². The normalized spacial score (nSPS) is 19.8. The van der Waals surface area contributed by atoms with Gasteiger partial charge in [0.15, 0.2) is 5.69 Å². The summed E-state index contributed by atoms with van der Waals surface area (Å²) in [5.41, 5.74) is 3.44. The molecule has 1 unspecified atom stereocenters. The maximum atomic E-state index is 14.8. The number of pyridine rings is 1. The number of hydrogen-bond acceptors (Lipinski definition) is 7. The van der Waals surface area contributed by atoms with Gasteiger partial charge in [-0.1, -0.05) is 53.5 Å². The summed E-state index contributed by atoms with van der Waals surface area (Å²) < 4.78 is 16.8. The molecule has 2 fully saturated rings. The van der Waals surface area contributed by atoms with E-state index in [-0.39, 0.29) is 33.4 Å². The molecule has 250 valence electrons. The van der Waals surface area contributed by atoms with Gasteiger partial charge < -0.3 is 15.7 Å². The van der Waals surface area contributed by atoms with E-state index in [4.69, 9.17) is 23.2 Å². The van der Waals surface area contributed by atoms with Gasteiger partial charge in [0, 0.05) is 42.9 Å².